The topological polar surface area (TPSA) is 66.0 Å². The molecule has 1 amide bonds. The van der Waals surface area contributed by atoms with E-state index in [1.807, 2.05) is 29.8 Å². The Hall–Kier alpha value is -3.38. The van der Waals surface area contributed by atoms with Crippen molar-refractivity contribution in [2.75, 3.05) is 19.6 Å². The normalized spacial score (nSPS) is 15.1. The summed E-state index contributed by atoms with van der Waals surface area (Å²) in [5.41, 5.74) is 6.95. The molecule has 2 N–H and O–H groups in total. The Morgan fingerprint density at radius 1 is 1.06 bits per heavy atom. The number of hydrogen-bond donors (Lipinski definition) is 2. The zero-order valence-electron chi connectivity index (χ0n) is 20.1. The zero-order valence-corrected chi connectivity index (χ0v) is 20.1. The summed E-state index contributed by atoms with van der Waals surface area (Å²) in [5.74, 6) is 0.617. The monoisotopic (exact) mass is 455 g/mol. The van der Waals surface area contributed by atoms with Gasteiger partial charge in [-0.3, -0.25) is 14.4 Å². The van der Waals surface area contributed by atoms with Gasteiger partial charge in [-0.2, -0.15) is 5.10 Å². The molecule has 1 saturated heterocycles. The van der Waals surface area contributed by atoms with Crippen molar-refractivity contribution in [1.82, 2.24) is 25.0 Å². The Kier molecular flexibility index (Phi) is 6.50. The average Bonchev–Trinajstić information content (AvgIpc) is 3.39. The van der Waals surface area contributed by atoms with Crippen molar-refractivity contribution in [2.45, 2.75) is 45.7 Å². The summed E-state index contributed by atoms with van der Waals surface area (Å²) < 4.78 is 2.03. The number of carbonyl (C=O) groups is 1. The van der Waals surface area contributed by atoms with E-state index in [4.69, 9.17) is 5.10 Å². The number of hydrogen-bond acceptors (Lipinski definition) is 3. The SMILES string of the molecule is Cc1nn(Cc2ccccc2)c(C)c1CNC(=O)CN1CCC(c2cc3ccccc3[nH]2)CC1. The molecule has 3 heterocycles. The summed E-state index contributed by atoms with van der Waals surface area (Å²) in [4.78, 5) is 18.5. The molecule has 5 rings (SSSR count). The standard InChI is InChI=1S/C28H33N5O/c1-20-25(21(2)33(31-20)18-22-8-4-3-5-9-22)17-29-28(34)19-32-14-12-23(13-15-32)27-16-24-10-6-7-11-26(24)30-27/h3-11,16,23,30H,12-15,17-19H2,1-2H3,(H,29,34). The highest BCUT2D eigenvalue weighted by atomic mass is 16.2. The minimum Gasteiger partial charge on any atom is -0.358 e. The van der Waals surface area contributed by atoms with E-state index in [2.05, 4.69) is 64.6 Å². The molecule has 1 fully saturated rings. The van der Waals surface area contributed by atoms with Crippen LogP contribution in [0.5, 0.6) is 0 Å². The molecule has 1 aliphatic heterocycles. The Morgan fingerprint density at radius 2 is 1.79 bits per heavy atom. The molecule has 0 spiro atoms. The van der Waals surface area contributed by atoms with E-state index in [9.17, 15) is 4.79 Å². The summed E-state index contributed by atoms with van der Waals surface area (Å²) in [6, 6.07) is 21.1. The lowest BCUT2D eigenvalue weighted by molar-refractivity contribution is -0.122. The highest BCUT2D eigenvalue weighted by molar-refractivity contribution is 5.80. The predicted octanol–water partition coefficient (Wildman–Crippen LogP) is 4.53. The van der Waals surface area contributed by atoms with Gasteiger partial charge in [0.2, 0.25) is 5.91 Å². The quantitative estimate of drug-likeness (QED) is 0.430. The van der Waals surface area contributed by atoms with Crippen LogP contribution in [0.25, 0.3) is 10.9 Å². The second-order valence-corrected chi connectivity index (χ2v) is 9.43. The molecule has 0 aliphatic carbocycles. The molecule has 2 aromatic carbocycles. The smallest absolute Gasteiger partial charge is 0.234 e. The van der Waals surface area contributed by atoms with Gasteiger partial charge in [0.1, 0.15) is 0 Å². The van der Waals surface area contributed by atoms with Crippen molar-refractivity contribution in [3.63, 3.8) is 0 Å². The number of aromatic amines is 1. The number of nitrogens with zero attached hydrogens (tertiary/aromatic N) is 3. The number of fused-ring (bicyclic) bond motifs is 1. The predicted molar refractivity (Wildman–Crippen MR) is 136 cm³/mol. The lowest BCUT2D eigenvalue weighted by Crippen LogP contribution is -2.41. The number of carbonyl (C=O) groups excluding carboxylic acids is 1. The highest BCUT2D eigenvalue weighted by Crippen LogP contribution is 2.29. The van der Waals surface area contributed by atoms with Crippen molar-refractivity contribution in [2.24, 2.45) is 0 Å². The van der Waals surface area contributed by atoms with Crippen LogP contribution in [0.3, 0.4) is 0 Å². The summed E-state index contributed by atoms with van der Waals surface area (Å²) in [6.07, 6.45) is 2.15. The second kappa shape index (κ2) is 9.85. The molecule has 6 heteroatoms. The van der Waals surface area contributed by atoms with E-state index in [-0.39, 0.29) is 5.91 Å². The Bertz CT molecular complexity index is 1230. The number of benzene rings is 2. The molecule has 176 valence electrons. The third-order valence-electron chi connectivity index (χ3n) is 7.11. The van der Waals surface area contributed by atoms with Crippen molar-refractivity contribution < 1.29 is 4.79 Å². The van der Waals surface area contributed by atoms with Crippen LogP contribution < -0.4 is 5.32 Å². The average molecular weight is 456 g/mol. The first-order valence-corrected chi connectivity index (χ1v) is 12.2. The van der Waals surface area contributed by atoms with Gasteiger partial charge >= 0.3 is 0 Å². The van der Waals surface area contributed by atoms with E-state index in [1.54, 1.807) is 0 Å². The molecule has 0 unspecified atom stereocenters. The maximum Gasteiger partial charge on any atom is 0.234 e. The third kappa shape index (κ3) is 4.92. The summed E-state index contributed by atoms with van der Waals surface area (Å²) in [7, 11) is 0. The minimum absolute atomic E-state index is 0.0821. The van der Waals surface area contributed by atoms with Gasteiger partial charge in [0.25, 0.3) is 0 Å². The van der Waals surface area contributed by atoms with Gasteiger partial charge in [-0.15, -0.1) is 0 Å². The van der Waals surface area contributed by atoms with E-state index in [1.165, 1.54) is 22.2 Å². The number of para-hydroxylation sites is 1. The van der Waals surface area contributed by atoms with Crippen LogP contribution in [0.4, 0.5) is 0 Å². The molecular formula is C28H33N5O. The van der Waals surface area contributed by atoms with Crippen molar-refractivity contribution in [1.29, 1.82) is 0 Å². The fraction of sp³-hybridized carbons (Fsp3) is 0.357. The molecule has 2 aromatic heterocycles. The number of aromatic nitrogens is 3. The van der Waals surface area contributed by atoms with Gasteiger partial charge < -0.3 is 10.3 Å². The fourth-order valence-electron chi connectivity index (χ4n) is 5.06. The zero-order chi connectivity index (χ0) is 23.5. The minimum atomic E-state index is 0.0821. The fourth-order valence-corrected chi connectivity index (χ4v) is 5.06. The van der Waals surface area contributed by atoms with Crippen LogP contribution in [0.2, 0.25) is 0 Å². The van der Waals surface area contributed by atoms with Gasteiger partial charge in [0, 0.05) is 34.9 Å². The number of piperidine rings is 1. The number of likely N-dealkylation sites (tertiary alicyclic amines) is 1. The first-order chi connectivity index (χ1) is 16.6. The maximum atomic E-state index is 12.7. The number of nitrogens with one attached hydrogen (secondary N) is 2. The molecule has 0 saturated carbocycles. The van der Waals surface area contributed by atoms with Crippen LogP contribution in [-0.2, 0) is 17.9 Å². The van der Waals surface area contributed by atoms with Crippen molar-refractivity contribution in [3.8, 4) is 0 Å². The molecule has 6 nitrogen and oxygen atoms in total. The van der Waals surface area contributed by atoms with Gasteiger partial charge in [-0.05, 0) is 62.9 Å². The van der Waals surface area contributed by atoms with Gasteiger partial charge in [-0.1, -0.05) is 48.5 Å². The maximum absolute atomic E-state index is 12.7. The van der Waals surface area contributed by atoms with Crippen LogP contribution in [0.1, 0.15) is 47.0 Å². The van der Waals surface area contributed by atoms with Gasteiger partial charge in [0.15, 0.2) is 0 Å². The number of aryl methyl sites for hydroxylation is 1. The Balaban J connectivity index is 1.12. The van der Waals surface area contributed by atoms with Crippen LogP contribution in [0.15, 0.2) is 60.7 Å². The first-order valence-electron chi connectivity index (χ1n) is 12.2. The van der Waals surface area contributed by atoms with Gasteiger partial charge in [-0.25, -0.2) is 0 Å². The summed E-state index contributed by atoms with van der Waals surface area (Å²) in [5, 5.41) is 9.10. The van der Waals surface area contributed by atoms with Crippen LogP contribution >= 0.6 is 0 Å². The van der Waals surface area contributed by atoms with Crippen LogP contribution in [0, 0.1) is 13.8 Å². The Morgan fingerprint density at radius 3 is 2.56 bits per heavy atom. The number of rotatable bonds is 7. The first kappa shape index (κ1) is 22.4. The molecule has 4 aromatic rings. The number of amides is 1. The number of H-pyrrole nitrogens is 1. The molecule has 0 radical (unpaired) electrons. The molecule has 0 atom stereocenters. The van der Waals surface area contributed by atoms with E-state index >= 15 is 0 Å². The molecular weight excluding hydrogens is 422 g/mol. The molecule has 0 bridgehead atoms. The molecule has 1 aliphatic rings. The lowest BCUT2D eigenvalue weighted by Gasteiger charge is -2.31. The van der Waals surface area contributed by atoms with E-state index in [0.29, 0.717) is 19.0 Å². The van der Waals surface area contributed by atoms with Crippen molar-refractivity contribution >= 4 is 16.8 Å². The lowest BCUT2D eigenvalue weighted by atomic mass is 9.93. The van der Waals surface area contributed by atoms with E-state index < -0.39 is 0 Å². The second-order valence-electron chi connectivity index (χ2n) is 9.43. The van der Waals surface area contributed by atoms with Crippen LogP contribution in [-0.4, -0.2) is 45.2 Å². The highest BCUT2D eigenvalue weighted by Gasteiger charge is 2.23. The summed E-state index contributed by atoms with van der Waals surface area (Å²) >= 11 is 0. The van der Waals surface area contributed by atoms with E-state index in [0.717, 1.165) is 49.4 Å². The molecule has 34 heavy (non-hydrogen) atoms. The van der Waals surface area contributed by atoms with Gasteiger partial charge in [0.05, 0.1) is 18.8 Å². The summed E-state index contributed by atoms with van der Waals surface area (Å²) in [6.45, 7) is 7.71. The largest absolute Gasteiger partial charge is 0.358 e. The van der Waals surface area contributed by atoms with Crippen molar-refractivity contribution in [3.05, 3.63) is 88.9 Å². The Labute approximate surface area is 201 Å². The third-order valence-corrected chi connectivity index (χ3v) is 7.11.